The molecule has 0 spiro atoms. The maximum atomic E-state index is 11.7. The lowest BCUT2D eigenvalue weighted by Gasteiger charge is -2.37. The number of nitro benzene ring substituents is 1. The predicted molar refractivity (Wildman–Crippen MR) is 71.3 cm³/mol. The van der Waals surface area contributed by atoms with Crippen molar-refractivity contribution in [2.24, 2.45) is 5.10 Å². The van der Waals surface area contributed by atoms with Gasteiger partial charge in [-0.2, -0.15) is 5.10 Å². The smallest absolute Gasteiger partial charge is 0.271 e. The van der Waals surface area contributed by atoms with E-state index >= 15 is 0 Å². The molecule has 1 N–H and O–H groups in total. The van der Waals surface area contributed by atoms with Crippen LogP contribution in [0.3, 0.4) is 0 Å². The van der Waals surface area contributed by atoms with Crippen molar-refractivity contribution in [1.82, 2.24) is 5.43 Å². The molecule has 98 valence electrons. The highest BCUT2D eigenvalue weighted by molar-refractivity contribution is 8.00. The molecule has 0 aliphatic carbocycles. The highest BCUT2D eigenvalue weighted by Crippen LogP contribution is 2.39. The second kappa shape index (κ2) is 4.23. The summed E-state index contributed by atoms with van der Waals surface area (Å²) in [5.41, 5.74) is 3.14. The number of thioether (sulfide) groups is 1. The molecule has 1 aromatic carbocycles. The van der Waals surface area contributed by atoms with Gasteiger partial charge < -0.3 is 4.90 Å². The standard InChI is InChI=1S/C11H10N4O3S/c1-6-11(16)13-12-10-5-19-9-3-2-7(15(17)18)4-8(9)14(6)10/h2-4,6H,5H2,1H3,(H,13,16)/t6-/m1/s1. The van der Waals surface area contributed by atoms with E-state index in [0.717, 1.165) is 4.90 Å². The highest BCUT2D eigenvalue weighted by Gasteiger charge is 2.35. The fourth-order valence-corrected chi connectivity index (χ4v) is 3.09. The normalized spacial score (nSPS) is 21.1. The number of carbonyl (C=O) groups is 1. The van der Waals surface area contributed by atoms with Gasteiger partial charge in [-0.25, -0.2) is 5.43 Å². The molecule has 0 bridgehead atoms. The third kappa shape index (κ3) is 1.84. The summed E-state index contributed by atoms with van der Waals surface area (Å²) in [5, 5.41) is 14.9. The van der Waals surface area contributed by atoms with E-state index in [1.807, 2.05) is 0 Å². The fraction of sp³-hybridized carbons (Fsp3) is 0.273. The van der Waals surface area contributed by atoms with Crippen molar-refractivity contribution in [3.05, 3.63) is 28.3 Å². The molecule has 2 aliphatic heterocycles. The van der Waals surface area contributed by atoms with Crippen molar-refractivity contribution in [2.45, 2.75) is 17.9 Å². The summed E-state index contributed by atoms with van der Waals surface area (Å²) in [6.07, 6.45) is 0. The molecule has 2 heterocycles. The Morgan fingerprint density at radius 2 is 2.37 bits per heavy atom. The van der Waals surface area contributed by atoms with Crippen LogP contribution in [0.15, 0.2) is 28.2 Å². The van der Waals surface area contributed by atoms with Crippen LogP contribution in [0, 0.1) is 10.1 Å². The second-order valence-electron chi connectivity index (χ2n) is 4.25. The average molecular weight is 278 g/mol. The topological polar surface area (TPSA) is 87.8 Å². The van der Waals surface area contributed by atoms with Crippen LogP contribution in [0.4, 0.5) is 11.4 Å². The first-order valence-corrected chi connectivity index (χ1v) is 6.63. The molecule has 1 amide bonds. The van der Waals surface area contributed by atoms with E-state index in [1.165, 1.54) is 12.1 Å². The summed E-state index contributed by atoms with van der Waals surface area (Å²) in [6, 6.07) is 4.26. The Labute approximate surface area is 112 Å². The lowest BCUT2D eigenvalue weighted by Crippen LogP contribution is -2.54. The zero-order valence-corrected chi connectivity index (χ0v) is 10.8. The number of fused-ring (bicyclic) bond motifs is 3. The molecule has 3 rings (SSSR count). The van der Waals surface area contributed by atoms with Crippen LogP contribution in [0.2, 0.25) is 0 Å². The SMILES string of the molecule is C[C@@H]1C(=O)NN=C2CSc3ccc([N+](=O)[O-])cc3N21. The Hall–Kier alpha value is -2.09. The van der Waals surface area contributed by atoms with Gasteiger partial charge in [0.25, 0.3) is 11.6 Å². The van der Waals surface area contributed by atoms with Gasteiger partial charge in [0, 0.05) is 17.0 Å². The molecule has 0 aromatic heterocycles. The minimum Gasteiger partial charge on any atom is -0.314 e. The van der Waals surface area contributed by atoms with Gasteiger partial charge in [0.2, 0.25) is 0 Å². The number of hydrogen-bond donors (Lipinski definition) is 1. The quantitative estimate of drug-likeness (QED) is 0.618. The molecule has 2 aliphatic rings. The lowest BCUT2D eigenvalue weighted by molar-refractivity contribution is -0.384. The molecule has 1 aromatic rings. The summed E-state index contributed by atoms with van der Waals surface area (Å²) in [7, 11) is 0. The number of amidine groups is 1. The maximum Gasteiger partial charge on any atom is 0.271 e. The van der Waals surface area contributed by atoms with E-state index in [0.29, 0.717) is 17.3 Å². The van der Waals surface area contributed by atoms with E-state index in [-0.39, 0.29) is 11.6 Å². The van der Waals surface area contributed by atoms with Crippen molar-refractivity contribution in [3.63, 3.8) is 0 Å². The molecule has 0 saturated heterocycles. The molecule has 0 unspecified atom stereocenters. The Morgan fingerprint density at radius 3 is 3.11 bits per heavy atom. The first-order valence-electron chi connectivity index (χ1n) is 5.65. The van der Waals surface area contributed by atoms with E-state index in [4.69, 9.17) is 0 Å². The molecule has 0 fully saturated rings. The van der Waals surface area contributed by atoms with Gasteiger partial charge in [-0.05, 0) is 13.0 Å². The van der Waals surface area contributed by atoms with E-state index in [9.17, 15) is 14.9 Å². The van der Waals surface area contributed by atoms with Gasteiger partial charge in [0.05, 0.1) is 16.4 Å². The summed E-state index contributed by atoms with van der Waals surface area (Å²) in [4.78, 5) is 24.8. The monoisotopic (exact) mass is 278 g/mol. The summed E-state index contributed by atoms with van der Waals surface area (Å²) < 4.78 is 0. The number of amides is 1. The molecular formula is C11H10N4O3S. The van der Waals surface area contributed by atoms with Crippen molar-refractivity contribution < 1.29 is 9.72 Å². The van der Waals surface area contributed by atoms with Crippen LogP contribution in [0.25, 0.3) is 0 Å². The summed E-state index contributed by atoms with van der Waals surface area (Å²) in [6.45, 7) is 1.75. The minimum absolute atomic E-state index is 0.0128. The lowest BCUT2D eigenvalue weighted by atomic mass is 10.1. The zero-order chi connectivity index (χ0) is 13.6. The molecule has 8 heteroatoms. The fourth-order valence-electron chi connectivity index (χ4n) is 2.13. The number of anilines is 1. The van der Waals surface area contributed by atoms with Gasteiger partial charge in [0.15, 0.2) is 0 Å². The molecular weight excluding hydrogens is 268 g/mol. The molecule has 0 saturated carbocycles. The summed E-state index contributed by atoms with van der Waals surface area (Å²) >= 11 is 1.55. The van der Waals surface area contributed by atoms with Gasteiger partial charge in [-0.3, -0.25) is 14.9 Å². The first-order chi connectivity index (χ1) is 9.08. The number of benzene rings is 1. The van der Waals surface area contributed by atoms with Crippen molar-refractivity contribution in [3.8, 4) is 0 Å². The van der Waals surface area contributed by atoms with E-state index < -0.39 is 11.0 Å². The average Bonchev–Trinajstić information content (AvgIpc) is 2.41. The van der Waals surface area contributed by atoms with Crippen LogP contribution in [-0.4, -0.2) is 28.5 Å². The van der Waals surface area contributed by atoms with Crippen molar-refractivity contribution in [2.75, 3.05) is 10.7 Å². The third-order valence-electron chi connectivity index (χ3n) is 3.11. The Kier molecular flexibility index (Phi) is 2.67. The first kappa shape index (κ1) is 12.0. The van der Waals surface area contributed by atoms with Gasteiger partial charge in [-0.15, -0.1) is 11.8 Å². The number of non-ortho nitro benzene ring substituents is 1. The van der Waals surface area contributed by atoms with Crippen LogP contribution < -0.4 is 10.3 Å². The Morgan fingerprint density at radius 1 is 1.58 bits per heavy atom. The van der Waals surface area contributed by atoms with E-state index in [2.05, 4.69) is 10.5 Å². The van der Waals surface area contributed by atoms with Crippen LogP contribution in [-0.2, 0) is 4.79 Å². The largest absolute Gasteiger partial charge is 0.314 e. The van der Waals surface area contributed by atoms with E-state index in [1.54, 1.807) is 29.7 Å². The van der Waals surface area contributed by atoms with Crippen LogP contribution >= 0.6 is 11.8 Å². The van der Waals surface area contributed by atoms with Crippen molar-refractivity contribution >= 4 is 34.9 Å². The number of nitrogens with zero attached hydrogens (tertiary/aromatic N) is 3. The van der Waals surface area contributed by atoms with Gasteiger partial charge >= 0.3 is 0 Å². The maximum absolute atomic E-state index is 11.7. The summed E-state index contributed by atoms with van der Waals surface area (Å²) in [5.74, 6) is 1.13. The Bertz CT molecular complexity index is 616. The van der Waals surface area contributed by atoms with Crippen LogP contribution in [0.5, 0.6) is 0 Å². The number of hydrogen-bond acceptors (Lipinski definition) is 6. The number of rotatable bonds is 1. The predicted octanol–water partition coefficient (Wildman–Crippen LogP) is 1.34. The highest BCUT2D eigenvalue weighted by atomic mass is 32.2. The van der Waals surface area contributed by atoms with Crippen LogP contribution in [0.1, 0.15) is 6.92 Å². The molecule has 0 radical (unpaired) electrons. The molecule has 19 heavy (non-hydrogen) atoms. The zero-order valence-electron chi connectivity index (χ0n) is 9.99. The number of carbonyl (C=O) groups excluding carboxylic acids is 1. The minimum atomic E-state index is -0.439. The second-order valence-corrected chi connectivity index (χ2v) is 5.27. The van der Waals surface area contributed by atoms with Gasteiger partial charge in [0.1, 0.15) is 11.9 Å². The molecule has 1 atom stereocenters. The third-order valence-corrected chi connectivity index (χ3v) is 4.17. The van der Waals surface area contributed by atoms with Crippen molar-refractivity contribution in [1.29, 1.82) is 0 Å². The number of nitrogens with one attached hydrogen (secondary N) is 1. The number of hydrazone groups is 1. The number of nitro groups is 1. The molecule has 7 nitrogen and oxygen atoms in total. The van der Waals surface area contributed by atoms with Gasteiger partial charge in [-0.1, -0.05) is 0 Å². The Balaban J connectivity index is 2.13.